The molecule has 2 bridgehead atoms. The molecule has 0 aromatic heterocycles. The SMILES string of the molecule is CC(C)OCCS(=O)(=O)NCC(=O)N1C2CCNCC1CC2.Cl. The van der Waals surface area contributed by atoms with Gasteiger partial charge in [0.05, 0.1) is 25.0 Å². The van der Waals surface area contributed by atoms with E-state index in [2.05, 4.69) is 10.0 Å². The molecule has 2 saturated heterocycles. The fourth-order valence-corrected chi connectivity index (χ4v) is 3.92. The van der Waals surface area contributed by atoms with Gasteiger partial charge < -0.3 is 15.0 Å². The number of nitrogens with zero attached hydrogens (tertiary/aromatic N) is 1. The first-order chi connectivity index (χ1) is 10.4. The Hall–Kier alpha value is -0.410. The largest absolute Gasteiger partial charge is 0.378 e. The van der Waals surface area contributed by atoms with Gasteiger partial charge in [-0.15, -0.1) is 12.4 Å². The van der Waals surface area contributed by atoms with Crippen LogP contribution in [0, 0.1) is 0 Å². The van der Waals surface area contributed by atoms with Crippen LogP contribution in [-0.4, -0.2) is 69.4 Å². The maximum atomic E-state index is 12.4. The number of amides is 1. The second kappa shape index (κ2) is 9.17. The van der Waals surface area contributed by atoms with Crippen molar-refractivity contribution in [1.82, 2.24) is 14.9 Å². The molecule has 2 rings (SSSR count). The first-order valence-electron chi connectivity index (χ1n) is 8.00. The van der Waals surface area contributed by atoms with Gasteiger partial charge >= 0.3 is 0 Å². The van der Waals surface area contributed by atoms with Crippen molar-refractivity contribution in [2.75, 3.05) is 32.0 Å². The lowest BCUT2D eigenvalue weighted by molar-refractivity contribution is -0.132. The maximum absolute atomic E-state index is 12.4. The van der Waals surface area contributed by atoms with Gasteiger partial charge in [-0.1, -0.05) is 0 Å². The molecule has 0 aromatic rings. The summed E-state index contributed by atoms with van der Waals surface area (Å²) in [6.07, 6.45) is 2.96. The van der Waals surface area contributed by atoms with Crippen LogP contribution < -0.4 is 10.0 Å². The Kier molecular flexibility index (Phi) is 8.23. The first-order valence-corrected chi connectivity index (χ1v) is 9.65. The highest BCUT2D eigenvalue weighted by Crippen LogP contribution is 2.27. The molecule has 2 heterocycles. The Bertz CT molecular complexity index is 472. The second-order valence-corrected chi connectivity index (χ2v) is 8.16. The molecular weight excluding hydrogens is 342 g/mol. The van der Waals surface area contributed by atoms with Gasteiger partial charge in [-0.25, -0.2) is 13.1 Å². The van der Waals surface area contributed by atoms with Gasteiger partial charge in [0.1, 0.15) is 0 Å². The minimum atomic E-state index is -3.47. The number of rotatable bonds is 7. The second-order valence-electron chi connectivity index (χ2n) is 6.24. The number of hydrogen-bond acceptors (Lipinski definition) is 5. The monoisotopic (exact) mass is 369 g/mol. The maximum Gasteiger partial charge on any atom is 0.238 e. The number of sulfonamides is 1. The molecule has 2 aliphatic heterocycles. The zero-order valence-corrected chi connectivity index (χ0v) is 15.4. The summed E-state index contributed by atoms with van der Waals surface area (Å²) in [5, 5.41) is 3.33. The molecule has 2 aliphatic rings. The van der Waals surface area contributed by atoms with E-state index in [0.29, 0.717) is 0 Å². The summed E-state index contributed by atoms with van der Waals surface area (Å²) in [5.41, 5.74) is 0. The van der Waals surface area contributed by atoms with E-state index in [9.17, 15) is 13.2 Å². The lowest BCUT2D eigenvalue weighted by Crippen LogP contribution is -2.47. The van der Waals surface area contributed by atoms with Gasteiger partial charge in [0, 0.05) is 18.6 Å². The summed E-state index contributed by atoms with van der Waals surface area (Å²) in [4.78, 5) is 14.3. The molecule has 2 N–H and O–H groups in total. The van der Waals surface area contributed by atoms with Crippen LogP contribution in [-0.2, 0) is 19.6 Å². The summed E-state index contributed by atoms with van der Waals surface area (Å²) < 4.78 is 31.4. The minimum absolute atomic E-state index is 0. The van der Waals surface area contributed by atoms with Crippen LogP contribution >= 0.6 is 12.4 Å². The molecule has 0 spiro atoms. The first kappa shape index (κ1) is 20.6. The highest BCUT2D eigenvalue weighted by atomic mass is 35.5. The molecule has 0 radical (unpaired) electrons. The third kappa shape index (κ3) is 6.19. The molecule has 0 aliphatic carbocycles. The average molecular weight is 370 g/mol. The predicted octanol–water partition coefficient (Wildman–Crippen LogP) is 0.106. The van der Waals surface area contributed by atoms with Crippen LogP contribution in [0.4, 0.5) is 0 Å². The number of ether oxygens (including phenoxy) is 1. The molecule has 1 amide bonds. The van der Waals surface area contributed by atoms with Gasteiger partial charge in [0.25, 0.3) is 0 Å². The van der Waals surface area contributed by atoms with Crippen molar-refractivity contribution in [2.45, 2.75) is 51.3 Å². The van der Waals surface area contributed by atoms with E-state index >= 15 is 0 Å². The summed E-state index contributed by atoms with van der Waals surface area (Å²) in [6, 6.07) is 0.454. The minimum Gasteiger partial charge on any atom is -0.378 e. The van der Waals surface area contributed by atoms with Crippen molar-refractivity contribution in [3.63, 3.8) is 0 Å². The molecule has 9 heteroatoms. The predicted molar refractivity (Wildman–Crippen MR) is 91.3 cm³/mol. The van der Waals surface area contributed by atoms with Crippen molar-refractivity contribution in [2.24, 2.45) is 0 Å². The van der Waals surface area contributed by atoms with Gasteiger partial charge in [-0.2, -0.15) is 0 Å². The summed E-state index contributed by atoms with van der Waals surface area (Å²) in [7, 11) is -3.47. The molecule has 2 unspecified atom stereocenters. The lowest BCUT2D eigenvalue weighted by atomic mass is 10.1. The lowest BCUT2D eigenvalue weighted by Gasteiger charge is -2.28. The number of fused-ring (bicyclic) bond motifs is 2. The van der Waals surface area contributed by atoms with Gasteiger partial charge in [0.2, 0.25) is 15.9 Å². The smallest absolute Gasteiger partial charge is 0.238 e. The third-order valence-corrected chi connectivity index (χ3v) is 5.48. The Morgan fingerprint density at radius 2 is 2.00 bits per heavy atom. The molecule has 7 nitrogen and oxygen atoms in total. The summed E-state index contributed by atoms with van der Waals surface area (Å²) >= 11 is 0. The number of carbonyl (C=O) groups is 1. The number of halogens is 1. The van der Waals surface area contributed by atoms with Gasteiger partial charge in [-0.05, 0) is 39.7 Å². The van der Waals surface area contributed by atoms with Gasteiger partial charge in [0.15, 0.2) is 0 Å². The van der Waals surface area contributed by atoms with E-state index in [1.54, 1.807) is 0 Å². The standard InChI is InChI=1S/C14H27N3O4S.ClH/c1-11(2)21-7-8-22(19,20)16-10-14(18)17-12-3-4-13(17)9-15-6-5-12;/h11-13,15-16H,3-10H2,1-2H3;1H. The molecule has 23 heavy (non-hydrogen) atoms. The van der Waals surface area contributed by atoms with Crippen molar-refractivity contribution in [1.29, 1.82) is 0 Å². The molecule has 2 fully saturated rings. The summed E-state index contributed by atoms with van der Waals surface area (Å²) in [6.45, 7) is 5.41. The Balaban J connectivity index is 0.00000264. The highest BCUT2D eigenvalue weighted by molar-refractivity contribution is 7.89. The van der Waals surface area contributed by atoms with Crippen LogP contribution in [0.15, 0.2) is 0 Å². The number of nitrogens with one attached hydrogen (secondary N) is 2. The molecule has 0 saturated carbocycles. The number of carbonyl (C=O) groups excluding carboxylic acids is 1. The fourth-order valence-electron chi connectivity index (χ4n) is 3.12. The Morgan fingerprint density at radius 3 is 2.70 bits per heavy atom. The Morgan fingerprint density at radius 1 is 1.30 bits per heavy atom. The van der Waals surface area contributed by atoms with Crippen molar-refractivity contribution < 1.29 is 17.9 Å². The van der Waals surface area contributed by atoms with Gasteiger partial charge in [-0.3, -0.25) is 4.79 Å². The molecule has 0 aromatic carbocycles. The molecular formula is C14H28ClN3O4S. The Labute approximate surface area is 145 Å². The fraction of sp³-hybridized carbons (Fsp3) is 0.929. The van der Waals surface area contributed by atoms with E-state index in [4.69, 9.17) is 4.74 Å². The zero-order valence-electron chi connectivity index (χ0n) is 13.8. The van der Waals surface area contributed by atoms with Crippen LogP contribution in [0.5, 0.6) is 0 Å². The quantitative estimate of drug-likeness (QED) is 0.664. The normalized spacial score (nSPS) is 24.4. The van der Waals surface area contributed by atoms with Crippen LogP contribution in [0.3, 0.4) is 0 Å². The van der Waals surface area contributed by atoms with Crippen LogP contribution in [0.25, 0.3) is 0 Å². The summed E-state index contributed by atoms with van der Waals surface area (Å²) in [5.74, 6) is -0.239. The van der Waals surface area contributed by atoms with Crippen LogP contribution in [0.2, 0.25) is 0 Å². The van der Waals surface area contributed by atoms with Crippen molar-refractivity contribution in [3.05, 3.63) is 0 Å². The van der Waals surface area contributed by atoms with E-state index in [1.807, 2.05) is 18.7 Å². The van der Waals surface area contributed by atoms with Crippen molar-refractivity contribution in [3.8, 4) is 0 Å². The molecule has 136 valence electrons. The molecule has 2 atom stereocenters. The van der Waals surface area contributed by atoms with E-state index < -0.39 is 10.0 Å². The highest BCUT2D eigenvalue weighted by Gasteiger charge is 2.37. The van der Waals surface area contributed by atoms with Crippen molar-refractivity contribution >= 4 is 28.3 Å². The zero-order chi connectivity index (χ0) is 16.2. The average Bonchev–Trinajstić information content (AvgIpc) is 2.69. The van der Waals surface area contributed by atoms with Crippen LogP contribution in [0.1, 0.15) is 33.1 Å². The van der Waals surface area contributed by atoms with E-state index in [0.717, 1.165) is 32.4 Å². The van der Waals surface area contributed by atoms with E-state index in [1.165, 1.54) is 0 Å². The topological polar surface area (TPSA) is 87.7 Å². The third-order valence-electron chi connectivity index (χ3n) is 4.19. The van der Waals surface area contributed by atoms with E-state index in [-0.39, 0.29) is 55.4 Å². The number of hydrogen-bond donors (Lipinski definition) is 2.